The van der Waals surface area contributed by atoms with E-state index in [1.165, 1.54) is 13.5 Å². The Morgan fingerprint density at radius 2 is 1.88 bits per heavy atom. The molecule has 1 aromatic rings. The molecule has 0 bridgehead atoms. The normalized spacial score (nSPS) is 18.5. The molecule has 17 heavy (non-hydrogen) atoms. The third-order valence-corrected chi connectivity index (χ3v) is 4.81. The molecule has 4 nitrogen and oxygen atoms in total. The second-order valence-electron chi connectivity index (χ2n) is 4.74. The number of sulfonamides is 1. The Bertz CT molecular complexity index is 507. The first-order chi connectivity index (χ1) is 7.97. The summed E-state index contributed by atoms with van der Waals surface area (Å²) in [4.78, 5) is 0.315. The largest absolute Gasteiger partial charge is 0.379 e. The number of nitrogens with one attached hydrogen (secondary N) is 2. The quantitative estimate of drug-likeness (QED) is 0.863. The summed E-state index contributed by atoms with van der Waals surface area (Å²) >= 11 is 0. The molecule has 1 fully saturated rings. The van der Waals surface area contributed by atoms with Crippen molar-refractivity contribution in [3.8, 4) is 0 Å². The molecular formula is C12H18N2O2S. The molecule has 0 heterocycles. The van der Waals surface area contributed by atoms with Crippen molar-refractivity contribution in [2.45, 2.75) is 36.6 Å². The Hall–Kier alpha value is -1.07. The first kappa shape index (κ1) is 12.4. The molecule has 2 N–H and O–H groups in total. The van der Waals surface area contributed by atoms with Crippen LogP contribution in [-0.4, -0.2) is 21.0 Å². The number of rotatable bonds is 4. The predicted octanol–water partition coefficient (Wildman–Crippen LogP) is 1.95. The minimum Gasteiger partial charge on any atom is -0.379 e. The number of benzene rings is 1. The van der Waals surface area contributed by atoms with E-state index in [2.05, 4.69) is 17.0 Å². The van der Waals surface area contributed by atoms with Gasteiger partial charge in [0.25, 0.3) is 0 Å². The topological polar surface area (TPSA) is 58.2 Å². The van der Waals surface area contributed by atoms with Gasteiger partial charge in [0.1, 0.15) is 4.90 Å². The van der Waals surface area contributed by atoms with E-state index in [4.69, 9.17) is 0 Å². The molecule has 0 aromatic heterocycles. The molecule has 5 heteroatoms. The molecule has 0 atom stereocenters. The maximum absolute atomic E-state index is 11.9. The summed E-state index contributed by atoms with van der Waals surface area (Å²) in [7, 11) is -1.97. The summed E-state index contributed by atoms with van der Waals surface area (Å²) in [6.07, 6.45) is 3.37. The highest BCUT2D eigenvalue weighted by atomic mass is 32.2. The van der Waals surface area contributed by atoms with Crippen molar-refractivity contribution in [3.05, 3.63) is 24.3 Å². The lowest BCUT2D eigenvalue weighted by atomic mass is 9.78. The molecule has 1 aliphatic rings. The summed E-state index contributed by atoms with van der Waals surface area (Å²) in [6, 6.07) is 7.02. The zero-order valence-corrected chi connectivity index (χ0v) is 11.0. The lowest BCUT2D eigenvalue weighted by Crippen LogP contribution is -2.42. The van der Waals surface area contributed by atoms with E-state index in [1.807, 2.05) is 12.1 Å². The molecule has 0 unspecified atom stereocenters. The summed E-state index contributed by atoms with van der Waals surface area (Å²) in [6.45, 7) is 2.12. The van der Waals surface area contributed by atoms with Gasteiger partial charge in [0, 0.05) is 5.54 Å². The van der Waals surface area contributed by atoms with Gasteiger partial charge in [0.05, 0.1) is 5.69 Å². The minimum absolute atomic E-state index is 0.0410. The van der Waals surface area contributed by atoms with E-state index < -0.39 is 10.0 Å². The molecule has 0 spiro atoms. The van der Waals surface area contributed by atoms with Crippen molar-refractivity contribution < 1.29 is 8.42 Å². The van der Waals surface area contributed by atoms with Crippen LogP contribution in [0, 0.1) is 0 Å². The average molecular weight is 254 g/mol. The standard InChI is InChI=1S/C12H18N2O2S/c1-12(8-5-9-12)14-10-6-3-4-7-11(10)17(15,16)13-2/h3-4,6-7,13-14H,5,8-9H2,1-2H3. The molecule has 94 valence electrons. The number of hydrogen-bond donors (Lipinski definition) is 2. The van der Waals surface area contributed by atoms with Gasteiger partial charge in [-0.25, -0.2) is 13.1 Å². The minimum atomic E-state index is -3.40. The van der Waals surface area contributed by atoms with Crippen molar-refractivity contribution in [2.24, 2.45) is 0 Å². The van der Waals surface area contributed by atoms with Crippen LogP contribution in [0.25, 0.3) is 0 Å². The van der Waals surface area contributed by atoms with Gasteiger partial charge in [-0.3, -0.25) is 0 Å². The SMILES string of the molecule is CNS(=O)(=O)c1ccccc1NC1(C)CCC1. The van der Waals surface area contributed by atoms with Crippen molar-refractivity contribution in [1.29, 1.82) is 0 Å². The molecular weight excluding hydrogens is 236 g/mol. The van der Waals surface area contributed by atoms with Crippen LogP contribution in [0.5, 0.6) is 0 Å². The predicted molar refractivity (Wildman–Crippen MR) is 68.6 cm³/mol. The zero-order valence-electron chi connectivity index (χ0n) is 10.2. The molecule has 0 amide bonds. The summed E-state index contributed by atoms with van der Waals surface area (Å²) in [5.74, 6) is 0. The molecule has 0 aliphatic heterocycles. The Kier molecular flexibility index (Phi) is 3.14. The Labute approximate surface area is 102 Å². The molecule has 0 saturated heterocycles. The first-order valence-corrected chi connectivity index (χ1v) is 7.26. The van der Waals surface area contributed by atoms with Gasteiger partial charge in [-0.15, -0.1) is 0 Å². The highest BCUT2D eigenvalue weighted by molar-refractivity contribution is 7.89. The monoisotopic (exact) mass is 254 g/mol. The average Bonchev–Trinajstić information content (AvgIpc) is 2.27. The fraction of sp³-hybridized carbons (Fsp3) is 0.500. The lowest BCUT2D eigenvalue weighted by Gasteiger charge is -2.40. The van der Waals surface area contributed by atoms with Crippen LogP contribution in [0.1, 0.15) is 26.2 Å². The van der Waals surface area contributed by atoms with Gasteiger partial charge in [0.15, 0.2) is 0 Å². The van der Waals surface area contributed by atoms with Gasteiger partial charge in [-0.05, 0) is 45.4 Å². The van der Waals surface area contributed by atoms with Crippen LogP contribution in [0.2, 0.25) is 0 Å². The van der Waals surface area contributed by atoms with E-state index >= 15 is 0 Å². The van der Waals surface area contributed by atoms with Gasteiger partial charge >= 0.3 is 0 Å². The van der Waals surface area contributed by atoms with E-state index in [0.717, 1.165) is 12.8 Å². The van der Waals surface area contributed by atoms with Crippen molar-refractivity contribution in [2.75, 3.05) is 12.4 Å². The molecule has 1 aromatic carbocycles. The van der Waals surface area contributed by atoms with Gasteiger partial charge in [0.2, 0.25) is 10.0 Å². The second-order valence-corrected chi connectivity index (χ2v) is 6.60. The van der Waals surface area contributed by atoms with Crippen molar-refractivity contribution >= 4 is 15.7 Å². The second kappa shape index (κ2) is 4.31. The number of anilines is 1. The molecule has 2 rings (SSSR count). The molecule has 1 aliphatic carbocycles. The van der Waals surface area contributed by atoms with Crippen LogP contribution in [0.15, 0.2) is 29.2 Å². The fourth-order valence-electron chi connectivity index (χ4n) is 2.07. The van der Waals surface area contributed by atoms with E-state index in [-0.39, 0.29) is 5.54 Å². The third-order valence-electron chi connectivity index (χ3n) is 3.34. The fourth-order valence-corrected chi connectivity index (χ4v) is 2.96. The molecule has 1 saturated carbocycles. The van der Waals surface area contributed by atoms with Crippen molar-refractivity contribution in [3.63, 3.8) is 0 Å². The van der Waals surface area contributed by atoms with Crippen LogP contribution in [0.3, 0.4) is 0 Å². The third kappa shape index (κ3) is 2.45. The first-order valence-electron chi connectivity index (χ1n) is 5.78. The maximum atomic E-state index is 11.9. The Morgan fingerprint density at radius 1 is 1.24 bits per heavy atom. The van der Waals surface area contributed by atoms with Gasteiger partial charge in [-0.2, -0.15) is 0 Å². The summed E-state index contributed by atoms with van der Waals surface area (Å²) in [5.41, 5.74) is 0.725. The maximum Gasteiger partial charge on any atom is 0.242 e. The van der Waals surface area contributed by atoms with E-state index in [1.54, 1.807) is 12.1 Å². The zero-order chi connectivity index (χ0) is 12.5. The van der Waals surface area contributed by atoms with Crippen LogP contribution in [0.4, 0.5) is 5.69 Å². The summed E-state index contributed by atoms with van der Waals surface area (Å²) < 4.78 is 26.1. The molecule has 0 radical (unpaired) electrons. The smallest absolute Gasteiger partial charge is 0.242 e. The Morgan fingerprint density at radius 3 is 2.41 bits per heavy atom. The van der Waals surface area contributed by atoms with Crippen LogP contribution in [-0.2, 0) is 10.0 Å². The van der Waals surface area contributed by atoms with Gasteiger partial charge < -0.3 is 5.32 Å². The van der Waals surface area contributed by atoms with Gasteiger partial charge in [-0.1, -0.05) is 12.1 Å². The highest BCUT2D eigenvalue weighted by Gasteiger charge is 2.32. The van der Waals surface area contributed by atoms with Crippen LogP contribution >= 0.6 is 0 Å². The Balaban J connectivity index is 2.34. The highest BCUT2D eigenvalue weighted by Crippen LogP contribution is 2.36. The van der Waals surface area contributed by atoms with E-state index in [0.29, 0.717) is 10.6 Å². The summed E-state index contributed by atoms with van der Waals surface area (Å²) in [5, 5.41) is 3.34. The van der Waals surface area contributed by atoms with Crippen molar-refractivity contribution in [1.82, 2.24) is 4.72 Å². The van der Waals surface area contributed by atoms with E-state index in [9.17, 15) is 8.42 Å². The van der Waals surface area contributed by atoms with Crippen LogP contribution < -0.4 is 10.0 Å². The number of para-hydroxylation sites is 1. The number of hydrogen-bond acceptors (Lipinski definition) is 3. The lowest BCUT2D eigenvalue weighted by molar-refractivity contribution is 0.306.